The standard InChI is InChI=1S/C29H28N6O7/c1-2-30-29(38)34-25-22-26(32-15-31-25)35(16-33-22)27-24-23(41-21(42-24)13-12-17-8-4-3-5-9-17)20(40-27)14-39-19-11-7-6-10-18(19)28(36)37/h3-13,15-16,20-21,23-24,27H,2,14H2,1H3,(H,36,37)(H2,30,31,32,34,38)/b13-12+/t20-,21+,23-,24-,27-/m1/s1. The predicted molar refractivity (Wildman–Crippen MR) is 150 cm³/mol. The molecule has 2 aromatic heterocycles. The molecule has 2 amide bonds. The lowest BCUT2D eigenvalue weighted by atomic mass is 10.1. The summed E-state index contributed by atoms with van der Waals surface area (Å²) >= 11 is 0. The number of carbonyl (C=O) groups is 2. The Bertz CT molecular complexity index is 1610. The molecular weight excluding hydrogens is 544 g/mol. The van der Waals surface area contributed by atoms with Crippen LogP contribution < -0.4 is 15.4 Å². The molecule has 2 aliphatic heterocycles. The first-order valence-electron chi connectivity index (χ1n) is 13.4. The number of urea groups is 1. The highest BCUT2D eigenvalue weighted by molar-refractivity contribution is 5.95. The van der Waals surface area contributed by atoms with Gasteiger partial charge in [0, 0.05) is 6.54 Å². The Balaban J connectivity index is 1.28. The number of benzene rings is 2. The van der Waals surface area contributed by atoms with Crippen molar-refractivity contribution in [2.75, 3.05) is 18.5 Å². The number of ether oxygens (including phenoxy) is 4. The molecular formula is C29H28N6O7. The van der Waals surface area contributed by atoms with E-state index in [1.807, 2.05) is 49.4 Å². The summed E-state index contributed by atoms with van der Waals surface area (Å²) in [6.45, 7) is 2.27. The van der Waals surface area contributed by atoms with E-state index < -0.39 is 42.8 Å². The number of rotatable bonds is 9. The third-order valence-electron chi connectivity index (χ3n) is 6.84. The van der Waals surface area contributed by atoms with Gasteiger partial charge < -0.3 is 29.4 Å². The molecule has 0 spiro atoms. The molecule has 13 heteroatoms. The number of anilines is 1. The number of carboxylic acids is 1. The molecule has 216 valence electrons. The topological polar surface area (TPSA) is 159 Å². The van der Waals surface area contributed by atoms with Gasteiger partial charge in [-0.1, -0.05) is 48.5 Å². The lowest BCUT2D eigenvalue weighted by Crippen LogP contribution is -2.33. The summed E-state index contributed by atoms with van der Waals surface area (Å²) in [5.74, 6) is -0.631. The maximum atomic E-state index is 12.1. The van der Waals surface area contributed by atoms with Crippen molar-refractivity contribution in [1.29, 1.82) is 0 Å². The zero-order valence-corrected chi connectivity index (χ0v) is 22.5. The van der Waals surface area contributed by atoms with Gasteiger partial charge in [0.15, 0.2) is 29.5 Å². The quantitative estimate of drug-likeness (QED) is 0.271. The number of nitrogens with one attached hydrogen (secondary N) is 2. The molecule has 2 saturated heterocycles. The molecule has 42 heavy (non-hydrogen) atoms. The van der Waals surface area contributed by atoms with Crippen molar-refractivity contribution >= 4 is 35.1 Å². The number of carbonyl (C=O) groups excluding carboxylic acids is 1. The van der Waals surface area contributed by atoms with Gasteiger partial charge in [-0.2, -0.15) is 0 Å². The van der Waals surface area contributed by atoms with Gasteiger partial charge in [-0.05, 0) is 30.7 Å². The molecule has 0 radical (unpaired) electrons. The average Bonchev–Trinajstić information content (AvgIpc) is 3.70. The van der Waals surface area contributed by atoms with Crippen molar-refractivity contribution in [2.24, 2.45) is 0 Å². The number of carboxylic acid groups (broad SMARTS) is 1. The van der Waals surface area contributed by atoms with E-state index in [1.54, 1.807) is 29.1 Å². The van der Waals surface area contributed by atoms with E-state index >= 15 is 0 Å². The second-order valence-electron chi connectivity index (χ2n) is 9.55. The Morgan fingerprint density at radius 3 is 2.62 bits per heavy atom. The molecule has 5 atom stereocenters. The van der Waals surface area contributed by atoms with Crippen LogP contribution in [-0.4, -0.2) is 74.4 Å². The third-order valence-corrected chi connectivity index (χ3v) is 6.84. The minimum Gasteiger partial charge on any atom is -0.490 e. The van der Waals surface area contributed by atoms with Crippen LogP contribution in [0.1, 0.15) is 29.1 Å². The summed E-state index contributed by atoms with van der Waals surface area (Å²) in [5.41, 5.74) is 1.83. The number of amides is 2. The van der Waals surface area contributed by atoms with Gasteiger partial charge in [0.2, 0.25) is 0 Å². The second kappa shape index (κ2) is 11.9. The van der Waals surface area contributed by atoms with Crippen molar-refractivity contribution in [3.05, 3.63) is 84.5 Å². The van der Waals surface area contributed by atoms with Crippen LogP contribution in [0.25, 0.3) is 17.2 Å². The van der Waals surface area contributed by atoms with E-state index in [-0.39, 0.29) is 23.7 Å². The van der Waals surface area contributed by atoms with Gasteiger partial charge in [0.1, 0.15) is 42.6 Å². The number of hydrogen-bond donors (Lipinski definition) is 3. The van der Waals surface area contributed by atoms with E-state index in [1.165, 1.54) is 12.4 Å². The lowest BCUT2D eigenvalue weighted by molar-refractivity contribution is -0.131. The van der Waals surface area contributed by atoms with Crippen molar-refractivity contribution in [3.63, 3.8) is 0 Å². The summed E-state index contributed by atoms with van der Waals surface area (Å²) in [6, 6.07) is 15.8. The Morgan fingerprint density at radius 1 is 1.02 bits per heavy atom. The summed E-state index contributed by atoms with van der Waals surface area (Å²) in [7, 11) is 0. The number of para-hydroxylation sites is 1. The lowest BCUT2D eigenvalue weighted by Gasteiger charge is -2.21. The highest BCUT2D eigenvalue weighted by atomic mass is 16.8. The highest BCUT2D eigenvalue weighted by Gasteiger charge is 2.53. The number of nitrogens with zero attached hydrogens (tertiary/aromatic N) is 4. The summed E-state index contributed by atoms with van der Waals surface area (Å²) in [4.78, 5) is 36.8. The number of aromatic nitrogens is 4. The molecule has 2 fully saturated rings. The Labute approximate surface area is 240 Å². The second-order valence-corrected chi connectivity index (χ2v) is 9.55. The smallest absolute Gasteiger partial charge is 0.339 e. The Morgan fingerprint density at radius 2 is 1.81 bits per heavy atom. The van der Waals surface area contributed by atoms with Gasteiger partial charge in [-0.3, -0.25) is 9.88 Å². The Hall–Kier alpha value is -4.85. The van der Waals surface area contributed by atoms with E-state index in [2.05, 4.69) is 25.6 Å². The Kier molecular flexibility index (Phi) is 7.77. The molecule has 0 saturated carbocycles. The monoisotopic (exact) mass is 572 g/mol. The van der Waals surface area contributed by atoms with Crippen LogP contribution in [-0.2, 0) is 14.2 Å². The fraction of sp³-hybridized carbons (Fsp3) is 0.276. The molecule has 2 aromatic carbocycles. The SMILES string of the molecule is CCNC(=O)Nc1ncnc2c1ncn2[C@@H]1O[C@H](COc2ccccc2C(=O)O)[C@H]2O[C@H](/C=C/c3ccccc3)O[C@H]21. The zero-order chi connectivity index (χ0) is 29.1. The van der Waals surface area contributed by atoms with E-state index in [9.17, 15) is 14.7 Å². The summed E-state index contributed by atoms with van der Waals surface area (Å²) in [6.07, 6.45) is 3.48. The minimum atomic E-state index is -1.10. The van der Waals surface area contributed by atoms with E-state index in [0.29, 0.717) is 17.7 Å². The van der Waals surface area contributed by atoms with Crippen LogP contribution in [0.2, 0.25) is 0 Å². The van der Waals surface area contributed by atoms with Gasteiger partial charge in [-0.25, -0.2) is 24.5 Å². The summed E-state index contributed by atoms with van der Waals surface area (Å²) < 4.78 is 26.6. The van der Waals surface area contributed by atoms with Crippen molar-refractivity contribution in [3.8, 4) is 5.75 Å². The molecule has 0 bridgehead atoms. The van der Waals surface area contributed by atoms with E-state index in [4.69, 9.17) is 18.9 Å². The third kappa shape index (κ3) is 5.52. The molecule has 0 unspecified atom stereocenters. The molecule has 2 aliphatic rings. The number of imidazole rings is 1. The van der Waals surface area contributed by atoms with Crippen LogP contribution in [0.3, 0.4) is 0 Å². The van der Waals surface area contributed by atoms with Gasteiger partial charge >= 0.3 is 12.0 Å². The maximum absolute atomic E-state index is 12.1. The largest absolute Gasteiger partial charge is 0.490 e. The number of fused-ring (bicyclic) bond motifs is 2. The first kappa shape index (κ1) is 27.3. The number of aromatic carboxylic acids is 1. The molecule has 6 rings (SSSR count). The van der Waals surface area contributed by atoms with Crippen molar-refractivity contribution < 1.29 is 33.6 Å². The maximum Gasteiger partial charge on any atom is 0.339 e. The molecule has 13 nitrogen and oxygen atoms in total. The van der Waals surface area contributed by atoms with Gasteiger partial charge in [0.25, 0.3) is 0 Å². The summed E-state index contributed by atoms with van der Waals surface area (Å²) in [5, 5.41) is 14.9. The van der Waals surface area contributed by atoms with Crippen LogP contribution in [0, 0.1) is 0 Å². The fourth-order valence-electron chi connectivity index (χ4n) is 4.94. The van der Waals surface area contributed by atoms with Crippen molar-refractivity contribution in [1.82, 2.24) is 24.8 Å². The predicted octanol–water partition coefficient (Wildman–Crippen LogP) is 3.47. The van der Waals surface area contributed by atoms with Crippen molar-refractivity contribution in [2.45, 2.75) is 37.8 Å². The first-order chi connectivity index (χ1) is 20.5. The molecule has 3 N–H and O–H groups in total. The van der Waals surface area contributed by atoms with E-state index in [0.717, 1.165) is 5.56 Å². The van der Waals surface area contributed by atoms with Crippen LogP contribution in [0.4, 0.5) is 10.6 Å². The number of hydrogen-bond acceptors (Lipinski definition) is 9. The first-order valence-corrected chi connectivity index (χ1v) is 13.4. The zero-order valence-electron chi connectivity index (χ0n) is 22.5. The van der Waals surface area contributed by atoms with Gasteiger partial charge in [-0.15, -0.1) is 0 Å². The van der Waals surface area contributed by atoms with Crippen LogP contribution >= 0.6 is 0 Å². The minimum absolute atomic E-state index is 0.00600. The van der Waals surface area contributed by atoms with Crippen LogP contribution in [0.5, 0.6) is 5.75 Å². The molecule has 4 aromatic rings. The van der Waals surface area contributed by atoms with Gasteiger partial charge in [0.05, 0.1) is 6.33 Å². The average molecular weight is 573 g/mol. The molecule has 4 heterocycles. The fourth-order valence-corrected chi connectivity index (χ4v) is 4.94. The van der Waals surface area contributed by atoms with Crippen LogP contribution in [0.15, 0.2) is 73.3 Å². The normalized spacial score (nSPS) is 23.2. The highest BCUT2D eigenvalue weighted by Crippen LogP contribution is 2.41. The molecule has 0 aliphatic carbocycles.